The van der Waals surface area contributed by atoms with Gasteiger partial charge in [0.05, 0.1) is 4.90 Å². The lowest BCUT2D eigenvalue weighted by molar-refractivity contribution is 0.393. The molecule has 2 N–H and O–H groups in total. The molecule has 2 rings (SSSR count). The van der Waals surface area contributed by atoms with E-state index in [9.17, 15) is 8.42 Å². The van der Waals surface area contributed by atoms with Gasteiger partial charge in [0.15, 0.2) is 0 Å². The summed E-state index contributed by atoms with van der Waals surface area (Å²) in [5.74, 6) is 0. The minimum absolute atomic E-state index is 0. The number of hydrogen-bond acceptors (Lipinski definition) is 3. The summed E-state index contributed by atoms with van der Waals surface area (Å²) in [5, 5.41) is 0.545. The lowest BCUT2D eigenvalue weighted by atomic mass is 10.2. The number of nitrogens with zero attached hydrogens (tertiary/aromatic N) is 1. The first-order chi connectivity index (χ1) is 8.46. The zero-order valence-electron chi connectivity index (χ0n) is 10.7. The minimum atomic E-state index is -3.45. The second kappa shape index (κ2) is 6.41. The van der Waals surface area contributed by atoms with Crippen molar-refractivity contribution in [3.63, 3.8) is 0 Å². The molecule has 1 aromatic carbocycles. The van der Waals surface area contributed by atoms with Crippen LogP contribution >= 0.6 is 24.0 Å². The van der Waals surface area contributed by atoms with E-state index in [0.29, 0.717) is 28.6 Å². The maximum atomic E-state index is 12.6. The van der Waals surface area contributed by atoms with Gasteiger partial charge in [0, 0.05) is 24.2 Å². The normalized spacial score (nSPS) is 20.3. The van der Waals surface area contributed by atoms with Crippen molar-refractivity contribution in [2.24, 2.45) is 5.73 Å². The Hall–Kier alpha value is -0.330. The number of sulfonamides is 1. The molecule has 0 spiro atoms. The Bertz CT molecular complexity index is 549. The first kappa shape index (κ1) is 16.7. The van der Waals surface area contributed by atoms with Gasteiger partial charge in [-0.05, 0) is 43.5 Å². The van der Waals surface area contributed by atoms with E-state index in [-0.39, 0.29) is 18.4 Å². The Morgan fingerprint density at radius 3 is 2.74 bits per heavy atom. The third kappa shape index (κ3) is 3.23. The Balaban J connectivity index is 0.00000180. The number of nitrogens with two attached hydrogens (primary N) is 1. The molecule has 1 heterocycles. The molecule has 1 aliphatic rings. The molecule has 1 aromatic rings. The van der Waals surface area contributed by atoms with Crippen LogP contribution < -0.4 is 5.73 Å². The molecule has 4 nitrogen and oxygen atoms in total. The van der Waals surface area contributed by atoms with Gasteiger partial charge in [-0.3, -0.25) is 0 Å². The topological polar surface area (TPSA) is 63.4 Å². The predicted octanol–water partition coefficient (Wildman–Crippen LogP) is 2.18. The smallest absolute Gasteiger partial charge is 0.243 e. The fourth-order valence-corrected chi connectivity index (χ4v) is 4.53. The van der Waals surface area contributed by atoms with E-state index in [2.05, 4.69) is 0 Å². The number of rotatable bonds is 3. The zero-order valence-corrected chi connectivity index (χ0v) is 13.1. The van der Waals surface area contributed by atoms with Crippen LogP contribution in [0.15, 0.2) is 23.1 Å². The van der Waals surface area contributed by atoms with E-state index in [1.807, 2.05) is 0 Å². The molecule has 7 heteroatoms. The van der Waals surface area contributed by atoms with Crippen molar-refractivity contribution in [2.75, 3.05) is 13.1 Å². The van der Waals surface area contributed by atoms with Crippen molar-refractivity contribution in [1.82, 2.24) is 4.31 Å². The van der Waals surface area contributed by atoms with Crippen LogP contribution in [0.3, 0.4) is 0 Å². The molecular weight excluding hydrogens is 307 g/mol. The SMILES string of the molecule is Cc1cc(Cl)ccc1S(=O)(=O)N1CCCC1CN.Cl. The summed E-state index contributed by atoms with van der Waals surface area (Å²) in [4.78, 5) is 0.326. The fourth-order valence-electron chi connectivity index (χ4n) is 2.39. The van der Waals surface area contributed by atoms with Crippen LogP contribution in [0.1, 0.15) is 18.4 Å². The first-order valence-corrected chi connectivity index (χ1v) is 7.76. The predicted molar refractivity (Wildman–Crippen MR) is 79.4 cm³/mol. The van der Waals surface area contributed by atoms with E-state index >= 15 is 0 Å². The molecule has 19 heavy (non-hydrogen) atoms. The van der Waals surface area contributed by atoms with Crippen molar-refractivity contribution in [3.8, 4) is 0 Å². The largest absolute Gasteiger partial charge is 0.329 e. The summed E-state index contributed by atoms with van der Waals surface area (Å²) in [6.45, 7) is 2.67. The van der Waals surface area contributed by atoms with Crippen LogP contribution in [0.4, 0.5) is 0 Å². The third-order valence-corrected chi connectivity index (χ3v) is 5.67. The van der Waals surface area contributed by atoms with Crippen LogP contribution in [0, 0.1) is 6.92 Å². The van der Waals surface area contributed by atoms with Gasteiger partial charge in [0.25, 0.3) is 0 Å². The molecule has 108 valence electrons. The summed E-state index contributed by atoms with van der Waals surface area (Å²) >= 11 is 5.85. The molecule has 0 saturated carbocycles. The van der Waals surface area contributed by atoms with E-state index in [4.69, 9.17) is 17.3 Å². The van der Waals surface area contributed by atoms with Crippen molar-refractivity contribution in [2.45, 2.75) is 30.7 Å². The van der Waals surface area contributed by atoms with Gasteiger partial charge in [-0.1, -0.05) is 11.6 Å². The van der Waals surface area contributed by atoms with Crippen molar-refractivity contribution in [3.05, 3.63) is 28.8 Å². The standard InChI is InChI=1S/C12H17ClN2O2S.ClH/c1-9-7-10(13)4-5-12(9)18(16,17)15-6-2-3-11(15)8-14;/h4-5,7,11H,2-3,6,8,14H2,1H3;1H. The lowest BCUT2D eigenvalue weighted by Crippen LogP contribution is -2.40. The fraction of sp³-hybridized carbons (Fsp3) is 0.500. The second-order valence-electron chi connectivity index (χ2n) is 4.56. The molecule has 0 amide bonds. The van der Waals surface area contributed by atoms with E-state index in [1.54, 1.807) is 25.1 Å². The number of hydrogen-bond donors (Lipinski definition) is 1. The van der Waals surface area contributed by atoms with E-state index in [0.717, 1.165) is 12.8 Å². The summed E-state index contributed by atoms with van der Waals surface area (Å²) in [6, 6.07) is 4.76. The van der Waals surface area contributed by atoms with Crippen LogP contribution in [0.25, 0.3) is 0 Å². The minimum Gasteiger partial charge on any atom is -0.329 e. The van der Waals surface area contributed by atoms with E-state index < -0.39 is 10.0 Å². The Morgan fingerprint density at radius 2 is 2.16 bits per heavy atom. The average molecular weight is 325 g/mol. The molecule has 1 unspecified atom stereocenters. The number of halogens is 2. The van der Waals surface area contributed by atoms with Gasteiger partial charge in [-0.15, -0.1) is 12.4 Å². The highest BCUT2D eigenvalue weighted by molar-refractivity contribution is 7.89. The Kier molecular flexibility index (Phi) is 5.65. The van der Waals surface area contributed by atoms with Crippen molar-refractivity contribution >= 4 is 34.0 Å². The number of benzene rings is 1. The molecule has 0 aromatic heterocycles. The quantitative estimate of drug-likeness (QED) is 0.926. The number of aryl methyl sites for hydroxylation is 1. The maximum absolute atomic E-state index is 12.6. The van der Waals surface area contributed by atoms with Gasteiger partial charge in [-0.2, -0.15) is 4.31 Å². The molecular formula is C12H18Cl2N2O2S. The first-order valence-electron chi connectivity index (χ1n) is 5.95. The average Bonchev–Trinajstić information content (AvgIpc) is 2.76. The Labute approximate surface area is 125 Å². The summed E-state index contributed by atoms with van der Waals surface area (Å²) in [6.07, 6.45) is 1.70. The van der Waals surface area contributed by atoms with Gasteiger partial charge in [0.2, 0.25) is 10.0 Å². The zero-order chi connectivity index (χ0) is 13.3. The Morgan fingerprint density at radius 1 is 1.47 bits per heavy atom. The molecule has 0 radical (unpaired) electrons. The van der Waals surface area contributed by atoms with Crippen LogP contribution in [-0.2, 0) is 10.0 Å². The molecule has 1 fully saturated rings. The summed E-state index contributed by atoms with van der Waals surface area (Å²) < 4.78 is 26.6. The van der Waals surface area contributed by atoms with Crippen LogP contribution in [0.5, 0.6) is 0 Å². The molecule has 1 saturated heterocycles. The van der Waals surface area contributed by atoms with Crippen LogP contribution in [0.2, 0.25) is 5.02 Å². The van der Waals surface area contributed by atoms with E-state index in [1.165, 1.54) is 4.31 Å². The van der Waals surface area contributed by atoms with Gasteiger partial charge >= 0.3 is 0 Å². The molecule has 0 bridgehead atoms. The van der Waals surface area contributed by atoms with Crippen LogP contribution in [-0.4, -0.2) is 31.9 Å². The van der Waals surface area contributed by atoms with Crippen molar-refractivity contribution < 1.29 is 8.42 Å². The van der Waals surface area contributed by atoms with Gasteiger partial charge in [-0.25, -0.2) is 8.42 Å². The van der Waals surface area contributed by atoms with Gasteiger partial charge in [0.1, 0.15) is 0 Å². The molecule has 0 aliphatic carbocycles. The summed E-state index contributed by atoms with van der Waals surface area (Å²) in [5.41, 5.74) is 6.31. The second-order valence-corrected chi connectivity index (χ2v) is 6.85. The highest BCUT2D eigenvalue weighted by Gasteiger charge is 2.35. The monoisotopic (exact) mass is 324 g/mol. The third-order valence-electron chi connectivity index (χ3n) is 3.32. The highest BCUT2D eigenvalue weighted by atomic mass is 35.5. The lowest BCUT2D eigenvalue weighted by Gasteiger charge is -2.23. The maximum Gasteiger partial charge on any atom is 0.243 e. The van der Waals surface area contributed by atoms with Crippen molar-refractivity contribution in [1.29, 1.82) is 0 Å². The summed E-state index contributed by atoms with van der Waals surface area (Å²) in [7, 11) is -3.45. The molecule has 1 atom stereocenters. The highest BCUT2D eigenvalue weighted by Crippen LogP contribution is 2.28. The van der Waals surface area contributed by atoms with Gasteiger partial charge < -0.3 is 5.73 Å². The molecule has 1 aliphatic heterocycles.